The average molecular weight is 584 g/mol. The fourth-order valence-corrected chi connectivity index (χ4v) is 5.94. The number of rotatable bonds is 8. The van der Waals surface area contributed by atoms with E-state index in [1.54, 1.807) is 27.7 Å². The molecule has 7 atom stereocenters. The molecular weight excluding hydrogens is 552 g/mol. The topological polar surface area (TPSA) is 141 Å². The Kier molecular flexibility index (Phi) is 8.16. The van der Waals surface area contributed by atoms with Crippen molar-refractivity contribution in [2.45, 2.75) is 89.8 Å². The predicted molar refractivity (Wildman–Crippen MR) is 123 cm³/mol. The number of hydrogen-bond acceptors (Lipinski definition) is 6. The second-order valence-corrected chi connectivity index (χ2v) is 11.8. The molecular formula is C24H31F6N5O5. The van der Waals surface area contributed by atoms with E-state index in [9.17, 15) is 50.8 Å². The van der Waals surface area contributed by atoms with E-state index in [1.807, 2.05) is 6.07 Å². The molecule has 0 spiro atoms. The number of halogens is 6. The third kappa shape index (κ3) is 6.61. The zero-order valence-electron chi connectivity index (χ0n) is 22.4. The predicted octanol–water partition coefficient (Wildman–Crippen LogP) is 1.75. The zero-order chi connectivity index (χ0) is 30.6. The number of amides is 4. The molecule has 2 saturated heterocycles. The highest BCUT2D eigenvalue weighted by Gasteiger charge is 2.70. The first kappa shape index (κ1) is 31.4. The van der Waals surface area contributed by atoms with Gasteiger partial charge in [0.15, 0.2) is 0 Å². The Bertz CT molecular complexity index is 1100. The fourth-order valence-electron chi connectivity index (χ4n) is 5.94. The smallest absolute Gasteiger partial charge is 0.351 e. The van der Waals surface area contributed by atoms with E-state index in [1.165, 1.54) is 5.32 Å². The maximum absolute atomic E-state index is 13.4. The lowest BCUT2D eigenvalue weighted by Gasteiger charge is -2.35. The molecule has 1 aliphatic carbocycles. The van der Waals surface area contributed by atoms with E-state index in [0.29, 0.717) is 13.3 Å². The zero-order valence-corrected chi connectivity index (χ0v) is 22.4. The van der Waals surface area contributed by atoms with Gasteiger partial charge >= 0.3 is 18.4 Å². The van der Waals surface area contributed by atoms with Gasteiger partial charge in [0, 0.05) is 18.0 Å². The van der Waals surface area contributed by atoms with Crippen LogP contribution in [0.2, 0.25) is 0 Å². The van der Waals surface area contributed by atoms with Crippen molar-refractivity contribution in [1.82, 2.24) is 20.9 Å². The molecule has 224 valence electrons. The van der Waals surface area contributed by atoms with Crippen LogP contribution in [-0.2, 0) is 23.9 Å². The van der Waals surface area contributed by atoms with E-state index in [-0.39, 0.29) is 24.8 Å². The van der Waals surface area contributed by atoms with E-state index in [0.717, 1.165) is 4.90 Å². The number of carbonyl (C=O) groups is 4. The summed E-state index contributed by atoms with van der Waals surface area (Å²) in [4.78, 5) is 51.5. The largest absolute Gasteiger partial charge is 0.522 e. The normalized spacial score (nSPS) is 28.9. The quantitative estimate of drug-likeness (QED) is 0.372. The molecule has 2 aliphatic heterocycles. The third-order valence-electron chi connectivity index (χ3n) is 7.94. The van der Waals surface area contributed by atoms with Crippen LogP contribution in [0.1, 0.15) is 47.5 Å². The number of piperidine rings is 1. The summed E-state index contributed by atoms with van der Waals surface area (Å²) >= 11 is 0. The molecule has 2 heterocycles. The number of fused-ring (bicyclic) bond motifs is 1. The Balaban J connectivity index is 1.83. The summed E-state index contributed by atoms with van der Waals surface area (Å²) in [5, 5.41) is 16.2. The van der Waals surface area contributed by atoms with Crippen LogP contribution in [0.15, 0.2) is 0 Å². The van der Waals surface area contributed by atoms with Crippen molar-refractivity contribution >= 4 is 23.6 Å². The number of alkyl halides is 6. The molecule has 3 aliphatic rings. The monoisotopic (exact) mass is 583 g/mol. The van der Waals surface area contributed by atoms with Crippen molar-refractivity contribution in [1.29, 1.82) is 5.26 Å². The number of carbonyl (C=O) groups excluding carboxylic acids is 4. The maximum Gasteiger partial charge on any atom is 0.522 e. The minimum absolute atomic E-state index is 0.0453. The summed E-state index contributed by atoms with van der Waals surface area (Å²) < 4.78 is 81.1. The van der Waals surface area contributed by atoms with E-state index >= 15 is 0 Å². The Morgan fingerprint density at radius 1 is 1.15 bits per heavy atom. The summed E-state index contributed by atoms with van der Waals surface area (Å²) in [6, 6.07) is -3.05. The molecule has 10 nitrogen and oxygen atoms in total. The lowest BCUT2D eigenvalue weighted by Crippen LogP contribution is -2.61. The van der Waals surface area contributed by atoms with E-state index < -0.39 is 77.3 Å². The molecule has 3 rings (SSSR count). The van der Waals surface area contributed by atoms with Crippen LogP contribution in [0.5, 0.6) is 0 Å². The first-order valence-corrected chi connectivity index (χ1v) is 12.5. The minimum Gasteiger partial charge on any atom is -0.351 e. The molecule has 0 aromatic rings. The molecule has 4 amide bonds. The van der Waals surface area contributed by atoms with Gasteiger partial charge in [0.2, 0.25) is 17.7 Å². The summed E-state index contributed by atoms with van der Waals surface area (Å²) in [6.07, 6.45) is -12.8. The SMILES string of the molecule is C[C@@H](OC(F)(F)F)[C@H](NC(=O)C(F)(F)F)C(=O)N1C[C@H]2[C@@H]([C@H]1C(=O)N[C@H](C#N)C[C@@H]1CC(C)(C)NC1=O)C2(C)C. The summed E-state index contributed by atoms with van der Waals surface area (Å²) in [7, 11) is 0. The summed E-state index contributed by atoms with van der Waals surface area (Å²) in [5.74, 6) is -6.59. The van der Waals surface area contributed by atoms with Gasteiger partial charge in [-0.2, -0.15) is 18.4 Å². The number of nitrogens with zero attached hydrogens (tertiary/aromatic N) is 2. The molecule has 3 fully saturated rings. The first-order chi connectivity index (χ1) is 18.1. The van der Waals surface area contributed by atoms with Crippen LogP contribution in [0.3, 0.4) is 0 Å². The number of ether oxygens (including phenoxy) is 1. The van der Waals surface area contributed by atoms with Crippen LogP contribution >= 0.6 is 0 Å². The fraction of sp³-hybridized carbons (Fsp3) is 0.792. The second-order valence-electron chi connectivity index (χ2n) is 11.8. The Hall–Kier alpha value is -3.09. The van der Waals surface area contributed by atoms with Crippen LogP contribution in [0.25, 0.3) is 0 Å². The van der Waals surface area contributed by atoms with Gasteiger partial charge in [0.1, 0.15) is 18.1 Å². The van der Waals surface area contributed by atoms with Gasteiger partial charge in [-0.05, 0) is 50.9 Å². The number of nitriles is 1. The second kappa shape index (κ2) is 10.4. The maximum atomic E-state index is 13.4. The highest BCUT2D eigenvalue weighted by Crippen LogP contribution is 2.65. The number of likely N-dealkylation sites (tertiary alicyclic amines) is 1. The van der Waals surface area contributed by atoms with Crippen LogP contribution in [0, 0.1) is 34.5 Å². The molecule has 0 unspecified atom stereocenters. The van der Waals surface area contributed by atoms with Crippen molar-refractivity contribution in [3.8, 4) is 6.07 Å². The van der Waals surface area contributed by atoms with Gasteiger partial charge < -0.3 is 20.9 Å². The van der Waals surface area contributed by atoms with Crippen molar-refractivity contribution in [3.63, 3.8) is 0 Å². The molecule has 40 heavy (non-hydrogen) atoms. The lowest BCUT2D eigenvalue weighted by atomic mass is 9.91. The van der Waals surface area contributed by atoms with E-state index in [2.05, 4.69) is 15.4 Å². The Labute approximate surface area is 226 Å². The molecule has 3 N–H and O–H groups in total. The minimum atomic E-state index is -5.51. The van der Waals surface area contributed by atoms with Gasteiger partial charge in [0.05, 0.1) is 12.2 Å². The lowest BCUT2D eigenvalue weighted by molar-refractivity contribution is -0.342. The molecule has 0 aromatic carbocycles. The average Bonchev–Trinajstić information content (AvgIpc) is 3.08. The van der Waals surface area contributed by atoms with Crippen LogP contribution in [-0.4, -0.2) is 77.4 Å². The first-order valence-electron chi connectivity index (χ1n) is 12.5. The van der Waals surface area contributed by atoms with Gasteiger partial charge in [-0.25, -0.2) is 0 Å². The van der Waals surface area contributed by atoms with Crippen molar-refractivity contribution in [3.05, 3.63) is 0 Å². The van der Waals surface area contributed by atoms with Gasteiger partial charge in [-0.15, -0.1) is 13.2 Å². The molecule has 0 radical (unpaired) electrons. The Morgan fingerprint density at radius 2 is 1.75 bits per heavy atom. The molecule has 16 heteroatoms. The summed E-state index contributed by atoms with van der Waals surface area (Å²) in [5.41, 5.74) is -1.01. The third-order valence-corrected chi connectivity index (χ3v) is 7.94. The number of nitrogens with one attached hydrogen (secondary N) is 3. The number of hydrogen-bond donors (Lipinski definition) is 3. The molecule has 1 saturated carbocycles. The highest BCUT2D eigenvalue weighted by atomic mass is 19.4. The van der Waals surface area contributed by atoms with Crippen molar-refractivity contribution in [2.75, 3.05) is 6.54 Å². The van der Waals surface area contributed by atoms with E-state index in [4.69, 9.17) is 0 Å². The molecule has 0 aromatic heterocycles. The Morgan fingerprint density at radius 3 is 2.23 bits per heavy atom. The van der Waals surface area contributed by atoms with Crippen molar-refractivity contribution < 1.29 is 50.3 Å². The standard InChI is InChI=1S/C24H31F6N5O5/c1-10(40-24(28,29)30)15(33-20(39)23(25,26)27)19(38)35-9-13-14(22(13,4)5)16(35)18(37)32-12(8-31)6-11-7-21(2,3)34-17(11)36/h10-16H,6-7,9H2,1-5H3,(H,32,37)(H,33,39)(H,34,36)/t10-,11-,12+,13+,14+,15+,16+/m1/s1. The highest BCUT2D eigenvalue weighted by molar-refractivity contribution is 5.95. The van der Waals surface area contributed by atoms with Crippen LogP contribution < -0.4 is 16.0 Å². The molecule has 0 bridgehead atoms. The van der Waals surface area contributed by atoms with Crippen LogP contribution in [0.4, 0.5) is 26.3 Å². The van der Waals surface area contributed by atoms with Gasteiger partial charge in [-0.3, -0.25) is 23.9 Å². The van der Waals surface area contributed by atoms with Gasteiger partial charge in [0.25, 0.3) is 0 Å². The van der Waals surface area contributed by atoms with Crippen molar-refractivity contribution in [2.24, 2.45) is 23.2 Å². The van der Waals surface area contributed by atoms with Gasteiger partial charge in [-0.1, -0.05) is 13.8 Å². The summed E-state index contributed by atoms with van der Waals surface area (Å²) in [6.45, 7) is 7.65.